The largest absolute Gasteiger partial charge is 0.309 e. The summed E-state index contributed by atoms with van der Waals surface area (Å²) in [6.45, 7) is 0. The number of halogens is 2. The van der Waals surface area contributed by atoms with E-state index in [4.69, 9.17) is 0 Å². The van der Waals surface area contributed by atoms with Crippen molar-refractivity contribution in [2.75, 3.05) is 0 Å². The van der Waals surface area contributed by atoms with Gasteiger partial charge < -0.3 is 0 Å². The molecule has 0 saturated carbocycles. The van der Waals surface area contributed by atoms with Crippen LogP contribution < -0.4 is 0 Å². The summed E-state index contributed by atoms with van der Waals surface area (Å²) in [6, 6.07) is 0. The Hall–Kier alpha value is -1.06. The van der Waals surface area contributed by atoms with Crippen molar-refractivity contribution in [3.8, 4) is 0 Å². The van der Waals surface area contributed by atoms with Crippen LogP contribution in [0.2, 0.25) is 0 Å². The van der Waals surface area contributed by atoms with Crippen molar-refractivity contribution in [2.45, 2.75) is 0 Å². The highest BCUT2D eigenvalue weighted by atomic mass is 19.1. The maximum absolute atomic E-state index is 11.7. The molecule has 0 saturated heterocycles. The molecule has 8 heavy (non-hydrogen) atoms. The van der Waals surface area contributed by atoms with Gasteiger partial charge in [0.05, 0.1) is 6.20 Å². The molecule has 0 aliphatic rings. The molecule has 0 aliphatic heterocycles. The monoisotopic (exact) mass is 115 g/mol. The smallest absolute Gasteiger partial charge is 0.208 e. The molecule has 4 heteroatoms. The van der Waals surface area contributed by atoms with E-state index in [0.29, 0.717) is 6.20 Å². The molecule has 1 rings (SSSR count). The Morgan fingerprint density at radius 1 is 1.50 bits per heavy atom. The SMILES string of the molecule is Fc1[c]nc(F)nc1. The van der Waals surface area contributed by atoms with Crippen molar-refractivity contribution in [1.29, 1.82) is 0 Å². The lowest BCUT2D eigenvalue weighted by Gasteiger charge is -1.81. The van der Waals surface area contributed by atoms with Gasteiger partial charge in [-0.2, -0.15) is 9.37 Å². The van der Waals surface area contributed by atoms with Crippen LogP contribution in [0.3, 0.4) is 0 Å². The summed E-state index contributed by atoms with van der Waals surface area (Å²) in [5.41, 5.74) is 0. The maximum atomic E-state index is 11.7. The molecular formula is C4HF2N2. The molecule has 1 radical (unpaired) electrons. The van der Waals surface area contributed by atoms with Crippen molar-refractivity contribution in [1.82, 2.24) is 9.97 Å². The van der Waals surface area contributed by atoms with Crippen LogP contribution in [0.5, 0.6) is 0 Å². The highest BCUT2D eigenvalue weighted by Gasteiger charge is 1.91. The molecule has 1 aromatic rings. The topological polar surface area (TPSA) is 25.8 Å². The van der Waals surface area contributed by atoms with E-state index in [1.807, 2.05) is 0 Å². The molecule has 0 aromatic carbocycles. The van der Waals surface area contributed by atoms with Gasteiger partial charge in [0.1, 0.15) is 6.20 Å². The van der Waals surface area contributed by atoms with Gasteiger partial charge in [-0.25, -0.2) is 9.37 Å². The summed E-state index contributed by atoms with van der Waals surface area (Å²) in [6.07, 6.45) is 1.49. The normalized spacial score (nSPS) is 9.25. The average molecular weight is 115 g/mol. The van der Waals surface area contributed by atoms with Gasteiger partial charge in [-0.1, -0.05) is 0 Å². The standard InChI is InChI=1S/C4HF2N2/c5-3-1-7-4(6)8-2-3/h1H. The molecule has 2 nitrogen and oxygen atoms in total. The Labute approximate surface area is 44.2 Å². The minimum atomic E-state index is -0.966. The van der Waals surface area contributed by atoms with E-state index in [1.54, 1.807) is 6.20 Å². The van der Waals surface area contributed by atoms with E-state index in [-0.39, 0.29) is 0 Å². The summed E-state index contributed by atoms with van der Waals surface area (Å²) in [5.74, 6) is -0.758. The van der Waals surface area contributed by atoms with Gasteiger partial charge in [0, 0.05) is 0 Å². The van der Waals surface area contributed by atoms with E-state index >= 15 is 0 Å². The Morgan fingerprint density at radius 2 is 2.25 bits per heavy atom. The first-order chi connectivity index (χ1) is 3.79. The van der Waals surface area contributed by atoms with E-state index in [0.717, 1.165) is 0 Å². The number of rotatable bonds is 0. The van der Waals surface area contributed by atoms with E-state index < -0.39 is 11.9 Å². The molecule has 0 amide bonds. The molecule has 0 spiro atoms. The van der Waals surface area contributed by atoms with E-state index in [9.17, 15) is 8.78 Å². The Morgan fingerprint density at radius 3 is 2.62 bits per heavy atom. The van der Waals surface area contributed by atoms with Crippen LogP contribution in [0.4, 0.5) is 8.78 Å². The minimum absolute atomic E-state index is 0.711. The molecule has 0 aliphatic carbocycles. The zero-order chi connectivity index (χ0) is 5.98. The summed E-state index contributed by atoms with van der Waals surface area (Å²) in [7, 11) is 0. The van der Waals surface area contributed by atoms with Crippen LogP contribution in [-0.4, -0.2) is 9.97 Å². The second-order valence-electron chi connectivity index (χ2n) is 1.10. The van der Waals surface area contributed by atoms with Gasteiger partial charge in [0.25, 0.3) is 0 Å². The first kappa shape index (κ1) is 5.08. The van der Waals surface area contributed by atoms with Crippen molar-refractivity contribution in [3.05, 3.63) is 24.3 Å². The number of hydrogen-bond acceptors (Lipinski definition) is 2. The first-order valence-corrected chi connectivity index (χ1v) is 1.85. The Bertz CT molecular complexity index is 151. The molecule has 41 valence electrons. The van der Waals surface area contributed by atoms with Gasteiger partial charge in [-0.3, -0.25) is 0 Å². The first-order valence-electron chi connectivity index (χ1n) is 1.85. The predicted molar refractivity (Wildman–Crippen MR) is 20.8 cm³/mol. The molecular weight excluding hydrogens is 114 g/mol. The predicted octanol–water partition coefficient (Wildman–Crippen LogP) is 0.555. The second kappa shape index (κ2) is 1.81. The van der Waals surface area contributed by atoms with Crippen LogP contribution in [0, 0.1) is 18.1 Å². The van der Waals surface area contributed by atoms with Crippen LogP contribution >= 0.6 is 0 Å². The van der Waals surface area contributed by atoms with Crippen molar-refractivity contribution in [3.63, 3.8) is 0 Å². The third-order valence-electron chi connectivity index (χ3n) is 0.539. The van der Waals surface area contributed by atoms with Gasteiger partial charge in [-0.15, -0.1) is 0 Å². The van der Waals surface area contributed by atoms with Crippen molar-refractivity contribution in [2.24, 2.45) is 0 Å². The van der Waals surface area contributed by atoms with E-state index in [1.165, 1.54) is 0 Å². The van der Waals surface area contributed by atoms with Crippen molar-refractivity contribution >= 4 is 0 Å². The van der Waals surface area contributed by atoms with E-state index in [2.05, 4.69) is 9.97 Å². The minimum Gasteiger partial charge on any atom is -0.208 e. The lowest BCUT2D eigenvalue weighted by Crippen LogP contribution is -1.87. The van der Waals surface area contributed by atoms with Crippen LogP contribution in [0.1, 0.15) is 0 Å². The van der Waals surface area contributed by atoms with Gasteiger partial charge in [0.2, 0.25) is 0 Å². The third kappa shape index (κ3) is 0.959. The fourth-order valence-electron chi connectivity index (χ4n) is 0.267. The molecule has 0 atom stereocenters. The number of hydrogen-bond donors (Lipinski definition) is 0. The van der Waals surface area contributed by atoms with Gasteiger partial charge in [-0.05, 0) is 0 Å². The third-order valence-corrected chi connectivity index (χ3v) is 0.539. The molecule has 1 aromatic heterocycles. The van der Waals surface area contributed by atoms with Crippen molar-refractivity contribution < 1.29 is 8.78 Å². The fourth-order valence-corrected chi connectivity index (χ4v) is 0.267. The maximum Gasteiger partial charge on any atom is 0.309 e. The highest BCUT2D eigenvalue weighted by molar-refractivity contribution is 4.79. The van der Waals surface area contributed by atoms with Gasteiger partial charge >= 0.3 is 6.08 Å². The zero-order valence-corrected chi connectivity index (χ0v) is 3.73. The lowest BCUT2D eigenvalue weighted by atomic mass is 10.6. The Kier molecular flexibility index (Phi) is 1.15. The lowest BCUT2D eigenvalue weighted by molar-refractivity contribution is 0.513. The van der Waals surface area contributed by atoms with Crippen LogP contribution in [0.15, 0.2) is 6.20 Å². The average Bonchev–Trinajstić information content (AvgIpc) is 1.77. The number of aromatic nitrogens is 2. The summed E-state index contributed by atoms with van der Waals surface area (Å²) in [5, 5.41) is 0. The quantitative estimate of drug-likeness (QED) is 0.461. The molecule has 0 bridgehead atoms. The second-order valence-corrected chi connectivity index (χ2v) is 1.10. The molecule has 1 heterocycles. The van der Waals surface area contributed by atoms with Crippen LogP contribution in [0.25, 0.3) is 0 Å². The summed E-state index contributed by atoms with van der Waals surface area (Å²) >= 11 is 0. The molecule has 0 fully saturated rings. The van der Waals surface area contributed by atoms with Gasteiger partial charge in [0.15, 0.2) is 5.82 Å². The number of nitrogens with zero attached hydrogens (tertiary/aromatic N) is 2. The highest BCUT2D eigenvalue weighted by Crippen LogP contribution is 1.88. The molecule has 0 unspecified atom stereocenters. The van der Waals surface area contributed by atoms with Crippen LogP contribution in [-0.2, 0) is 0 Å². The fraction of sp³-hybridized carbons (Fsp3) is 0. The summed E-state index contributed by atoms with van der Waals surface area (Å²) < 4.78 is 23.4. The zero-order valence-electron chi connectivity index (χ0n) is 3.73. The Balaban J connectivity index is 3.03. The summed E-state index contributed by atoms with van der Waals surface area (Å²) in [4.78, 5) is 5.70. The molecule has 0 N–H and O–H groups in total.